The molecule has 0 spiro atoms. The summed E-state index contributed by atoms with van der Waals surface area (Å²) < 4.78 is 0. The number of hydrogen-bond donors (Lipinski definition) is 1. The van der Waals surface area contributed by atoms with Crippen LogP contribution in [0, 0.1) is 0 Å². The largest absolute Gasteiger partial charge is 0.370 e. The SMILES string of the molecule is CCCNc1ccnc(C2CCCCCCC2)n1. The lowest BCUT2D eigenvalue weighted by molar-refractivity contribution is 0.442. The highest BCUT2D eigenvalue weighted by Crippen LogP contribution is 2.29. The minimum Gasteiger partial charge on any atom is -0.370 e. The molecule has 1 N–H and O–H groups in total. The maximum absolute atomic E-state index is 4.68. The van der Waals surface area contributed by atoms with Gasteiger partial charge in [0.2, 0.25) is 0 Å². The highest BCUT2D eigenvalue weighted by molar-refractivity contribution is 5.33. The van der Waals surface area contributed by atoms with Gasteiger partial charge in [0.05, 0.1) is 0 Å². The Balaban J connectivity index is 2.01. The van der Waals surface area contributed by atoms with E-state index in [0.717, 1.165) is 24.6 Å². The Morgan fingerprint density at radius 2 is 1.89 bits per heavy atom. The third-order valence-corrected chi connectivity index (χ3v) is 3.70. The van der Waals surface area contributed by atoms with Crippen LogP contribution in [-0.4, -0.2) is 16.5 Å². The van der Waals surface area contributed by atoms with Gasteiger partial charge in [0.25, 0.3) is 0 Å². The first-order valence-electron chi connectivity index (χ1n) is 7.47. The summed E-state index contributed by atoms with van der Waals surface area (Å²) in [7, 11) is 0. The molecule has 0 unspecified atom stereocenters. The summed E-state index contributed by atoms with van der Waals surface area (Å²) in [6.45, 7) is 3.16. The first-order chi connectivity index (χ1) is 8.90. The van der Waals surface area contributed by atoms with Gasteiger partial charge >= 0.3 is 0 Å². The molecule has 100 valence electrons. The molecule has 2 rings (SSSR count). The van der Waals surface area contributed by atoms with Crippen LogP contribution in [-0.2, 0) is 0 Å². The average Bonchev–Trinajstić information content (AvgIpc) is 2.36. The number of anilines is 1. The molecule has 0 atom stereocenters. The van der Waals surface area contributed by atoms with Gasteiger partial charge in [0, 0.05) is 18.7 Å². The van der Waals surface area contributed by atoms with Crippen molar-refractivity contribution < 1.29 is 0 Å². The fourth-order valence-corrected chi connectivity index (χ4v) is 2.64. The van der Waals surface area contributed by atoms with Crippen molar-refractivity contribution in [2.45, 2.75) is 64.2 Å². The standard InChI is InChI=1S/C15H25N3/c1-2-11-16-14-10-12-17-15(18-14)13-8-6-4-3-5-7-9-13/h10,12-13H,2-9,11H2,1H3,(H,16,17,18). The van der Waals surface area contributed by atoms with Gasteiger partial charge in [-0.3, -0.25) is 0 Å². The molecule has 1 heterocycles. The summed E-state index contributed by atoms with van der Waals surface area (Å²) in [6, 6.07) is 1.97. The zero-order valence-electron chi connectivity index (χ0n) is 11.5. The Bertz CT molecular complexity index is 343. The quantitative estimate of drug-likeness (QED) is 0.869. The van der Waals surface area contributed by atoms with Crippen LogP contribution in [0.4, 0.5) is 5.82 Å². The first kappa shape index (κ1) is 13.3. The van der Waals surface area contributed by atoms with E-state index < -0.39 is 0 Å². The molecule has 0 amide bonds. The van der Waals surface area contributed by atoms with Crippen LogP contribution in [0.15, 0.2) is 12.3 Å². The number of hydrogen-bond acceptors (Lipinski definition) is 3. The van der Waals surface area contributed by atoms with Crippen molar-refractivity contribution in [2.24, 2.45) is 0 Å². The molecule has 1 aliphatic carbocycles. The molecule has 0 aliphatic heterocycles. The smallest absolute Gasteiger partial charge is 0.133 e. The molecule has 3 nitrogen and oxygen atoms in total. The molecule has 1 aromatic heterocycles. The van der Waals surface area contributed by atoms with Gasteiger partial charge in [-0.1, -0.05) is 39.0 Å². The summed E-state index contributed by atoms with van der Waals surface area (Å²) in [5.41, 5.74) is 0. The summed E-state index contributed by atoms with van der Waals surface area (Å²) in [6.07, 6.45) is 12.4. The second kappa shape index (κ2) is 7.34. The van der Waals surface area contributed by atoms with Gasteiger partial charge in [-0.15, -0.1) is 0 Å². The van der Waals surface area contributed by atoms with Crippen LogP contribution in [0.25, 0.3) is 0 Å². The maximum Gasteiger partial charge on any atom is 0.133 e. The van der Waals surface area contributed by atoms with Crippen molar-refractivity contribution in [3.8, 4) is 0 Å². The molecule has 3 heteroatoms. The van der Waals surface area contributed by atoms with Crippen LogP contribution in [0.2, 0.25) is 0 Å². The zero-order valence-corrected chi connectivity index (χ0v) is 11.5. The molecule has 1 aromatic rings. The van der Waals surface area contributed by atoms with Gasteiger partial charge in [0.15, 0.2) is 0 Å². The fourth-order valence-electron chi connectivity index (χ4n) is 2.64. The third-order valence-electron chi connectivity index (χ3n) is 3.70. The van der Waals surface area contributed by atoms with Gasteiger partial charge < -0.3 is 5.32 Å². The summed E-state index contributed by atoms with van der Waals surface area (Å²) in [5, 5.41) is 3.35. The van der Waals surface area contributed by atoms with Gasteiger partial charge in [-0.2, -0.15) is 0 Å². The molecule has 1 fully saturated rings. The summed E-state index contributed by atoms with van der Waals surface area (Å²) in [5.74, 6) is 2.62. The highest BCUT2D eigenvalue weighted by Gasteiger charge is 2.16. The number of rotatable bonds is 4. The van der Waals surface area contributed by atoms with Crippen molar-refractivity contribution in [3.63, 3.8) is 0 Å². The molecular weight excluding hydrogens is 222 g/mol. The predicted octanol–water partition coefficient (Wildman–Crippen LogP) is 4.13. The monoisotopic (exact) mass is 247 g/mol. The molecule has 1 saturated carbocycles. The lowest BCUT2D eigenvalue weighted by Crippen LogP contribution is -2.09. The zero-order chi connectivity index (χ0) is 12.6. The lowest BCUT2D eigenvalue weighted by atomic mass is 9.90. The molecule has 18 heavy (non-hydrogen) atoms. The minimum atomic E-state index is 0.577. The Hall–Kier alpha value is -1.12. The van der Waals surface area contributed by atoms with Crippen LogP contribution in [0.3, 0.4) is 0 Å². The Morgan fingerprint density at radius 1 is 1.17 bits per heavy atom. The van der Waals surface area contributed by atoms with E-state index in [2.05, 4.69) is 22.2 Å². The van der Waals surface area contributed by atoms with E-state index >= 15 is 0 Å². The summed E-state index contributed by atoms with van der Waals surface area (Å²) >= 11 is 0. The van der Waals surface area contributed by atoms with E-state index in [1.54, 1.807) is 0 Å². The van der Waals surface area contributed by atoms with E-state index in [1.165, 1.54) is 44.9 Å². The fraction of sp³-hybridized carbons (Fsp3) is 0.733. The van der Waals surface area contributed by atoms with E-state index in [4.69, 9.17) is 0 Å². The Labute approximate surface area is 110 Å². The maximum atomic E-state index is 4.68. The Morgan fingerprint density at radius 3 is 2.61 bits per heavy atom. The topological polar surface area (TPSA) is 37.8 Å². The van der Waals surface area contributed by atoms with Gasteiger partial charge in [-0.05, 0) is 25.3 Å². The average molecular weight is 247 g/mol. The molecule has 0 radical (unpaired) electrons. The third kappa shape index (κ3) is 3.97. The second-order valence-electron chi connectivity index (χ2n) is 5.27. The van der Waals surface area contributed by atoms with Crippen LogP contribution >= 0.6 is 0 Å². The molecule has 0 saturated heterocycles. The van der Waals surface area contributed by atoms with E-state index in [0.29, 0.717) is 5.92 Å². The van der Waals surface area contributed by atoms with Gasteiger partial charge in [-0.25, -0.2) is 9.97 Å². The second-order valence-corrected chi connectivity index (χ2v) is 5.27. The molecule has 0 bridgehead atoms. The van der Waals surface area contributed by atoms with Crippen molar-refractivity contribution in [2.75, 3.05) is 11.9 Å². The molecule has 1 aliphatic rings. The van der Waals surface area contributed by atoms with Crippen molar-refractivity contribution in [1.29, 1.82) is 0 Å². The molecule has 0 aromatic carbocycles. The van der Waals surface area contributed by atoms with Gasteiger partial charge in [0.1, 0.15) is 11.6 Å². The van der Waals surface area contributed by atoms with Crippen molar-refractivity contribution in [1.82, 2.24) is 9.97 Å². The first-order valence-corrected chi connectivity index (χ1v) is 7.47. The number of nitrogens with zero attached hydrogens (tertiary/aromatic N) is 2. The minimum absolute atomic E-state index is 0.577. The molecular formula is C15H25N3. The Kier molecular flexibility index (Phi) is 5.43. The van der Waals surface area contributed by atoms with Crippen LogP contribution in [0.5, 0.6) is 0 Å². The van der Waals surface area contributed by atoms with Crippen molar-refractivity contribution in [3.05, 3.63) is 18.1 Å². The predicted molar refractivity (Wildman–Crippen MR) is 75.9 cm³/mol. The van der Waals surface area contributed by atoms with E-state index in [1.807, 2.05) is 12.3 Å². The van der Waals surface area contributed by atoms with E-state index in [-0.39, 0.29) is 0 Å². The number of aromatic nitrogens is 2. The summed E-state index contributed by atoms with van der Waals surface area (Å²) in [4.78, 5) is 9.18. The lowest BCUT2D eigenvalue weighted by Gasteiger charge is -2.18. The number of nitrogens with one attached hydrogen (secondary N) is 1. The van der Waals surface area contributed by atoms with Crippen molar-refractivity contribution >= 4 is 5.82 Å². The van der Waals surface area contributed by atoms with E-state index in [9.17, 15) is 0 Å². The normalized spacial score (nSPS) is 18.1. The van der Waals surface area contributed by atoms with Crippen LogP contribution in [0.1, 0.15) is 70.0 Å². The van der Waals surface area contributed by atoms with Crippen LogP contribution < -0.4 is 5.32 Å². The highest BCUT2D eigenvalue weighted by atomic mass is 15.0.